The summed E-state index contributed by atoms with van der Waals surface area (Å²) in [6.45, 7) is 5.57. The first-order chi connectivity index (χ1) is 7.55. The Labute approximate surface area is 102 Å². The molecule has 0 aliphatic heterocycles. The Balaban J connectivity index is 2.89. The minimum absolute atomic E-state index is 0.0873. The van der Waals surface area contributed by atoms with Crippen molar-refractivity contribution in [2.24, 2.45) is 22.4 Å². The number of carboxylic acids is 1. The van der Waals surface area contributed by atoms with Crippen molar-refractivity contribution in [3.63, 3.8) is 0 Å². The fourth-order valence-electron chi connectivity index (χ4n) is 2.62. The highest BCUT2D eigenvalue weighted by molar-refractivity contribution is 7.87. The van der Waals surface area contributed by atoms with Crippen molar-refractivity contribution in [2.75, 3.05) is 0 Å². The van der Waals surface area contributed by atoms with Crippen molar-refractivity contribution in [2.45, 2.75) is 39.7 Å². The third-order valence-corrected chi connectivity index (χ3v) is 4.69. The van der Waals surface area contributed by atoms with E-state index in [0.29, 0.717) is 12.8 Å². The molecule has 0 heterocycles. The van der Waals surface area contributed by atoms with Crippen LogP contribution in [-0.4, -0.2) is 25.5 Å². The van der Waals surface area contributed by atoms with Gasteiger partial charge < -0.3 is 5.11 Å². The molecule has 0 amide bonds. The Morgan fingerprint density at radius 2 is 1.94 bits per heavy atom. The van der Waals surface area contributed by atoms with Crippen LogP contribution in [0.5, 0.6) is 0 Å². The molecule has 0 bridgehead atoms. The summed E-state index contributed by atoms with van der Waals surface area (Å²) in [5.41, 5.74) is -0.466. The van der Waals surface area contributed by atoms with Gasteiger partial charge in [0.05, 0.1) is 5.92 Å². The maximum atomic E-state index is 11.1. The minimum Gasteiger partial charge on any atom is -0.481 e. The number of carboxylic acid groups (broad SMARTS) is 1. The van der Waals surface area contributed by atoms with Gasteiger partial charge in [-0.3, -0.25) is 4.79 Å². The van der Waals surface area contributed by atoms with Crippen LogP contribution in [0.1, 0.15) is 33.6 Å². The van der Waals surface area contributed by atoms with Crippen molar-refractivity contribution in [3.05, 3.63) is 0 Å². The Bertz CT molecular complexity index is 405. The van der Waals surface area contributed by atoms with E-state index in [9.17, 15) is 13.2 Å². The lowest BCUT2D eigenvalue weighted by atomic mass is 9.61. The molecule has 6 nitrogen and oxygen atoms in total. The highest BCUT2D eigenvalue weighted by Crippen LogP contribution is 2.45. The second-order valence-corrected chi connectivity index (χ2v) is 6.67. The largest absolute Gasteiger partial charge is 0.481 e. The average Bonchev–Trinajstić information content (AvgIpc) is 2.10. The molecular formula is C10H20N2O4S. The first kappa shape index (κ1) is 14.4. The molecule has 0 aromatic heterocycles. The topological polar surface area (TPSA) is 109 Å². The molecule has 1 aliphatic carbocycles. The van der Waals surface area contributed by atoms with Crippen LogP contribution in [-0.2, 0) is 15.0 Å². The summed E-state index contributed by atoms with van der Waals surface area (Å²) in [7, 11) is -3.74. The van der Waals surface area contributed by atoms with Gasteiger partial charge in [-0.25, -0.2) is 5.14 Å². The number of nitrogens with two attached hydrogens (primary N) is 1. The van der Waals surface area contributed by atoms with Gasteiger partial charge in [-0.15, -0.1) is 0 Å². The van der Waals surface area contributed by atoms with E-state index in [4.69, 9.17) is 10.2 Å². The Morgan fingerprint density at radius 1 is 1.41 bits per heavy atom. The van der Waals surface area contributed by atoms with Gasteiger partial charge >= 0.3 is 5.97 Å². The molecule has 1 fully saturated rings. The molecule has 4 N–H and O–H groups in total. The first-order valence-corrected chi connectivity index (χ1v) is 7.13. The normalized spacial score (nSPS) is 33.3. The maximum Gasteiger partial charge on any atom is 0.307 e. The third-order valence-electron chi connectivity index (χ3n) is 4.06. The summed E-state index contributed by atoms with van der Waals surface area (Å²) in [6, 6.07) is -0.296. The zero-order valence-corrected chi connectivity index (χ0v) is 11.1. The molecule has 3 unspecified atom stereocenters. The van der Waals surface area contributed by atoms with E-state index < -0.39 is 27.5 Å². The molecule has 17 heavy (non-hydrogen) atoms. The monoisotopic (exact) mass is 264 g/mol. The molecule has 7 heteroatoms. The van der Waals surface area contributed by atoms with Gasteiger partial charge in [0.25, 0.3) is 10.2 Å². The molecule has 0 spiro atoms. The lowest BCUT2D eigenvalue weighted by Crippen LogP contribution is -2.53. The predicted molar refractivity (Wildman–Crippen MR) is 63.3 cm³/mol. The van der Waals surface area contributed by atoms with Crippen molar-refractivity contribution in [3.8, 4) is 0 Å². The number of rotatable bonds is 3. The Morgan fingerprint density at radius 3 is 2.35 bits per heavy atom. The van der Waals surface area contributed by atoms with Crippen LogP contribution in [0.2, 0.25) is 0 Å². The van der Waals surface area contributed by atoms with Gasteiger partial charge in [0, 0.05) is 6.04 Å². The number of aliphatic carboxylic acids is 1. The second kappa shape index (κ2) is 4.55. The van der Waals surface area contributed by atoms with E-state index in [1.165, 1.54) is 0 Å². The van der Waals surface area contributed by atoms with E-state index in [-0.39, 0.29) is 12.0 Å². The predicted octanol–water partition coefficient (Wildman–Crippen LogP) is 0.305. The van der Waals surface area contributed by atoms with Crippen molar-refractivity contribution >= 4 is 16.2 Å². The van der Waals surface area contributed by atoms with Crippen molar-refractivity contribution < 1.29 is 18.3 Å². The molecule has 0 saturated heterocycles. The number of hydrogen-bond acceptors (Lipinski definition) is 3. The molecule has 0 radical (unpaired) electrons. The molecule has 1 aliphatic rings. The molecular weight excluding hydrogens is 244 g/mol. The highest BCUT2D eigenvalue weighted by Gasteiger charge is 2.46. The van der Waals surface area contributed by atoms with E-state index in [1.807, 2.05) is 20.8 Å². The summed E-state index contributed by atoms with van der Waals surface area (Å²) in [5, 5.41) is 14.1. The van der Waals surface area contributed by atoms with Crippen LogP contribution in [0, 0.1) is 17.3 Å². The first-order valence-electron chi connectivity index (χ1n) is 5.58. The van der Waals surface area contributed by atoms with Gasteiger partial charge in [0.15, 0.2) is 0 Å². The smallest absolute Gasteiger partial charge is 0.307 e. The van der Waals surface area contributed by atoms with Crippen LogP contribution in [0.3, 0.4) is 0 Å². The van der Waals surface area contributed by atoms with Gasteiger partial charge in [0.1, 0.15) is 0 Å². The molecule has 3 atom stereocenters. The molecule has 0 aromatic carbocycles. The maximum absolute atomic E-state index is 11.1. The number of hydrogen-bond donors (Lipinski definition) is 3. The fraction of sp³-hybridized carbons (Fsp3) is 0.900. The summed E-state index contributed by atoms with van der Waals surface area (Å²) in [5.74, 6) is -1.36. The van der Waals surface area contributed by atoms with Gasteiger partial charge in [0.2, 0.25) is 0 Å². The quantitative estimate of drug-likeness (QED) is 0.681. The van der Waals surface area contributed by atoms with E-state index in [1.54, 1.807) is 0 Å². The van der Waals surface area contributed by atoms with Crippen LogP contribution in [0.25, 0.3) is 0 Å². The standard InChI is InChI=1S/C10H20N2O4S/c1-6-8(12-17(11,15)16)5-4-7(9(13)14)10(6,2)3/h6-8,12H,4-5H2,1-3H3,(H,13,14)(H2,11,15,16). The summed E-state index contributed by atoms with van der Waals surface area (Å²) in [4.78, 5) is 11.1. The van der Waals surface area contributed by atoms with Crippen molar-refractivity contribution in [1.82, 2.24) is 4.72 Å². The molecule has 1 saturated carbocycles. The molecule has 0 aromatic rings. The van der Waals surface area contributed by atoms with Crippen LogP contribution < -0.4 is 9.86 Å². The lowest BCUT2D eigenvalue weighted by Gasteiger charge is -2.45. The molecule has 1 rings (SSSR count). The fourth-order valence-corrected chi connectivity index (χ4v) is 3.36. The number of carbonyl (C=O) groups is 1. The second-order valence-electron chi connectivity index (χ2n) is 5.35. The zero-order chi connectivity index (χ0) is 13.4. The van der Waals surface area contributed by atoms with Crippen molar-refractivity contribution in [1.29, 1.82) is 0 Å². The highest BCUT2D eigenvalue weighted by atomic mass is 32.2. The number of nitrogens with one attached hydrogen (secondary N) is 1. The summed E-state index contributed by atoms with van der Waals surface area (Å²) >= 11 is 0. The van der Waals surface area contributed by atoms with Gasteiger partial charge in [-0.05, 0) is 24.2 Å². The summed E-state index contributed by atoms with van der Waals surface area (Å²) in [6.07, 6.45) is 0.956. The average molecular weight is 264 g/mol. The lowest BCUT2D eigenvalue weighted by molar-refractivity contribution is -0.150. The SMILES string of the molecule is CC1C(NS(N)(=O)=O)CCC(C(=O)O)C1(C)C. The van der Waals surface area contributed by atoms with Gasteiger partial charge in [-0.2, -0.15) is 13.1 Å². The van der Waals surface area contributed by atoms with Crippen LogP contribution >= 0.6 is 0 Å². The Hall–Kier alpha value is -0.660. The molecule has 100 valence electrons. The Kier molecular flexibility index (Phi) is 3.85. The third kappa shape index (κ3) is 3.17. The van der Waals surface area contributed by atoms with E-state index in [0.717, 1.165) is 0 Å². The van der Waals surface area contributed by atoms with Gasteiger partial charge in [-0.1, -0.05) is 20.8 Å². The van der Waals surface area contributed by atoms with Crippen LogP contribution in [0.15, 0.2) is 0 Å². The summed E-state index contributed by atoms with van der Waals surface area (Å²) < 4.78 is 24.4. The van der Waals surface area contributed by atoms with Crippen LogP contribution in [0.4, 0.5) is 0 Å². The minimum atomic E-state index is -3.74. The van der Waals surface area contributed by atoms with E-state index >= 15 is 0 Å². The van der Waals surface area contributed by atoms with E-state index in [2.05, 4.69) is 4.72 Å². The zero-order valence-electron chi connectivity index (χ0n) is 10.3.